The van der Waals surface area contributed by atoms with Crippen molar-refractivity contribution in [2.24, 2.45) is 0 Å². The van der Waals surface area contributed by atoms with E-state index in [1.165, 1.54) is 38.1 Å². The molecule has 0 aliphatic rings. The maximum atomic E-state index is 6.15. The highest BCUT2D eigenvalue weighted by Gasteiger charge is 2.18. The van der Waals surface area contributed by atoms with E-state index in [9.17, 15) is 0 Å². The summed E-state index contributed by atoms with van der Waals surface area (Å²) in [6.07, 6.45) is 0. The van der Waals surface area contributed by atoms with Gasteiger partial charge in [-0.05, 0) is 136 Å². The summed E-state index contributed by atoms with van der Waals surface area (Å²) in [5.74, 6) is 0. The van der Waals surface area contributed by atoms with Crippen LogP contribution in [0.5, 0.6) is 0 Å². The molecule has 68 heavy (non-hydrogen) atoms. The Bertz CT molecular complexity index is 4080. The second-order valence-electron chi connectivity index (χ2n) is 17.7. The molecule has 0 fully saturated rings. The molecule has 11 aromatic carbocycles. The Morgan fingerprint density at radius 2 is 0.706 bits per heavy atom. The topological polar surface area (TPSA) is 34.5 Å². The lowest BCUT2D eigenvalue weighted by Gasteiger charge is -2.26. The molecule has 14 aromatic rings. The van der Waals surface area contributed by atoms with Gasteiger partial charge in [0.15, 0.2) is 0 Å². The summed E-state index contributed by atoms with van der Waals surface area (Å²) in [6.45, 7) is 0. The first-order chi connectivity index (χ1) is 33.7. The lowest BCUT2D eigenvalue weighted by molar-refractivity contribution is 0.668. The predicted octanol–water partition coefficient (Wildman–Crippen LogP) is 18.2. The number of fused-ring (bicyclic) bond motifs is 11. The van der Waals surface area contributed by atoms with E-state index in [0.717, 1.165) is 94.4 Å². The molecule has 0 atom stereocenters. The Morgan fingerprint density at radius 1 is 0.279 bits per heavy atom. The highest BCUT2D eigenvalue weighted by molar-refractivity contribution is 6.19. The third kappa shape index (κ3) is 6.15. The minimum atomic E-state index is 0.898. The van der Waals surface area contributed by atoms with E-state index in [2.05, 4.69) is 228 Å². The first-order valence-electron chi connectivity index (χ1n) is 23.1. The van der Waals surface area contributed by atoms with Gasteiger partial charge in [-0.25, -0.2) is 0 Å². The van der Waals surface area contributed by atoms with Crippen molar-refractivity contribution in [3.05, 3.63) is 243 Å². The van der Waals surface area contributed by atoms with Crippen LogP contribution >= 0.6 is 0 Å². The van der Waals surface area contributed by atoms with Gasteiger partial charge in [0.25, 0.3) is 0 Å². The summed E-state index contributed by atoms with van der Waals surface area (Å²) in [5.41, 5.74) is 17.3. The van der Waals surface area contributed by atoms with Crippen molar-refractivity contribution < 1.29 is 8.83 Å². The average Bonchev–Trinajstić information content (AvgIpc) is 4.09. The zero-order valence-electron chi connectivity index (χ0n) is 36.8. The van der Waals surface area contributed by atoms with E-state index in [-0.39, 0.29) is 0 Å². The first-order valence-corrected chi connectivity index (χ1v) is 23.1. The van der Waals surface area contributed by atoms with Crippen LogP contribution < -0.4 is 4.90 Å². The van der Waals surface area contributed by atoms with Gasteiger partial charge in [0, 0.05) is 60.5 Å². The molecule has 0 amide bonds. The monoisotopic (exact) mass is 868 g/mol. The second kappa shape index (κ2) is 15.2. The standard InChI is InChI=1S/C64H40N2O2/c1-2-11-48(12-3-1)66-59-35-25-45(38-56(59)55-34-24-44-10-4-5-13-52(44)64(55)66)41-18-28-49(29-19-41)65(50-30-20-42(21-31-50)46-26-36-62-57(39-46)53-14-6-8-16-60(53)67-62)51-32-22-43(23-33-51)47-27-37-63-58(40-47)54-15-7-9-17-61(54)68-63/h1-40H. The van der Waals surface area contributed by atoms with Crippen molar-refractivity contribution >= 4 is 93.5 Å². The zero-order chi connectivity index (χ0) is 44.7. The minimum Gasteiger partial charge on any atom is -0.456 e. The van der Waals surface area contributed by atoms with E-state index in [1.807, 2.05) is 24.3 Å². The molecule has 4 heteroatoms. The molecule has 3 heterocycles. The summed E-state index contributed by atoms with van der Waals surface area (Å²) in [5, 5.41) is 9.47. The van der Waals surface area contributed by atoms with Crippen molar-refractivity contribution in [2.45, 2.75) is 0 Å². The molecule has 0 saturated heterocycles. The van der Waals surface area contributed by atoms with E-state index < -0.39 is 0 Å². The van der Waals surface area contributed by atoms with Gasteiger partial charge in [0.1, 0.15) is 22.3 Å². The molecule has 3 aromatic heterocycles. The molecule has 14 rings (SSSR count). The maximum absolute atomic E-state index is 6.15. The van der Waals surface area contributed by atoms with Crippen LogP contribution in [0.4, 0.5) is 17.1 Å². The number of furan rings is 2. The van der Waals surface area contributed by atoms with Crippen molar-refractivity contribution in [3.63, 3.8) is 0 Å². The van der Waals surface area contributed by atoms with Crippen LogP contribution in [0.1, 0.15) is 0 Å². The summed E-state index contributed by atoms with van der Waals surface area (Å²) in [4.78, 5) is 2.35. The number of hydrogen-bond donors (Lipinski definition) is 0. The zero-order valence-corrected chi connectivity index (χ0v) is 36.8. The quantitative estimate of drug-likeness (QED) is 0.160. The van der Waals surface area contributed by atoms with Gasteiger partial charge in [0.05, 0.1) is 11.0 Å². The molecule has 0 radical (unpaired) electrons. The van der Waals surface area contributed by atoms with E-state index in [0.29, 0.717) is 0 Å². The molecule has 0 bridgehead atoms. The number of para-hydroxylation sites is 3. The van der Waals surface area contributed by atoms with Crippen LogP contribution in [-0.4, -0.2) is 4.57 Å². The summed E-state index contributed by atoms with van der Waals surface area (Å²) >= 11 is 0. The molecule has 0 spiro atoms. The summed E-state index contributed by atoms with van der Waals surface area (Å²) in [7, 11) is 0. The van der Waals surface area contributed by atoms with Crippen LogP contribution in [0.25, 0.3) is 116 Å². The number of benzene rings is 11. The van der Waals surface area contributed by atoms with Crippen LogP contribution in [0.15, 0.2) is 251 Å². The predicted molar refractivity (Wildman–Crippen MR) is 284 cm³/mol. The molecule has 0 unspecified atom stereocenters. The highest BCUT2D eigenvalue weighted by Crippen LogP contribution is 2.42. The van der Waals surface area contributed by atoms with Gasteiger partial charge in [-0.2, -0.15) is 0 Å². The largest absolute Gasteiger partial charge is 0.456 e. The number of anilines is 3. The number of nitrogens with zero attached hydrogens (tertiary/aromatic N) is 2. The number of aromatic nitrogens is 1. The number of hydrogen-bond acceptors (Lipinski definition) is 3. The molecule has 0 saturated carbocycles. The third-order valence-electron chi connectivity index (χ3n) is 13.8. The molecule has 0 N–H and O–H groups in total. The molecule has 0 aliphatic heterocycles. The fourth-order valence-corrected chi connectivity index (χ4v) is 10.5. The SMILES string of the molecule is c1ccc(-n2c3ccc(-c4ccc(N(c5ccc(-c6ccc7oc8ccccc8c7c6)cc5)c5ccc(-c6ccc7oc8ccccc8c7c6)cc5)cc4)cc3c3ccc4ccccc4c32)cc1. The van der Waals surface area contributed by atoms with Gasteiger partial charge in [-0.3, -0.25) is 0 Å². The maximum Gasteiger partial charge on any atom is 0.135 e. The summed E-state index contributed by atoms with van der Waals surface area (Å²) < 4.78 is 14.7. The summed E-state index contributed by atoms with van der Waals surface area (Å²) in [6, 6.07) is 87.1. The third-order valence-corrected chi connectivity index (χ3v) is 13.8. The average molecular weight is 869 g/mol. The Kier molecular flexibility index (Phi) is 8.55. The molecular weight excluding hydrogens is 829 g/mol. The van der Waals surface area contributed by atoms with Gasteiger partial charge in [0.2, 0.25) is 0 Å². The molecule has 318 valence electrons. The van der Waals surface area contributed by atoms with Gasteiger partial charge >= 0.3 is 0 Å². The Morgan fingerprint density at radius 3 is 1.25 bits per heavy atom. The van der Waals surface area contributed by atoms with Gasteiger partial charge in [-0.1, -0.05) is 146 Å². The highest BCUT2D eigenvalue weighted by atomic mass is 16.3. The fraction of sp³-hybridized carbons (Fsp3) is 0. The van der Waals surface area contributed by atoms with Crippen LogP contribution in [0, 0.1) is 0 Å². The lowest BCUT2D eigenvalue weighted by atomic mass is 10.00. The second-order valence-corrected chi connectivity index (χ2v) is 17.7. The Hall–Kier alpha value is -9.12. The molecular formula is C64H40N2O2. The van der Waals surface area contributed by atoms with E-state index >= 15 is 0 Å². The van der Waals surface area contributed by atoms with Crippen molar-refractivity contribution in [1.29, 1.82) is 0 Å². The number of rotatable bonds is 7. The first kappa shape index (κ1) is 38.2. The van der Waals surface area contributed by atoms with Crippen LogP contribution in [0.3, 0.4) is 0 Å². The Labute approximate surface area is 391 Å². The normalized spacial score (nSPS) is 11.8. The van der Waals surface area contributed by atoms with Crippen molar-refractivity contribution in [2.75, 3.05) is 4.90 Å². The van der Waals surface area contributed by atoms with Crippen molar-refractivity contribution in [3.8, 4) is 39.1 Å². The van der Waals surface area contributed by atoms with Gasteiger partial charge in [-0.15, -0.1) is 0 Å². The Balaban J connectivity index is 0.855. The van der Waals surface area contributed by atoms with E-state index in [4.69, 9.17) is 8.83 Å². The molecule has 0 aliphatic carbocycles. The lowest BCUT2D eigenvalue weighted by Crippen LogP contribution is -2.09. The smallest absolute Gasteiger partial charge is 0.135 e. The minimum absolute atomic E-state index is 0.898. The van der Waals surface area contributed by atoms with Crippen LogP contribution in [0.2, 0.25) is 0 Å². The van der Waals surface area contributed by atoms with E-state index in [1.54, 1.807) is 0 Å². The van der Waals surface area contributed by atoms with Gasteiger partial charge < -0.3 is 18.3 Å². The molecule has 4 nitrogen and oxygen atoms in total. The fourth-order valence-electron chi connectivity index (χ4n) is 10.5. The van der Waals surface area contributed by atoms with Crippen LogP contribution in [-0.2, 0) is 0 Å². The van der Waals surface area contributed by atoms with Crippen molar-refractivity contribution in [1.82, 2.24) is 4.57 Å².